The zero-order chi connectivity index (χ0) is 37.6. The Labute approximate surface area is 315 Å². The molecule has 7 heterocycles. The van der Waals surface area contributed by atoms with Gasteiger partial charge in [0.05, 0.1) is 24.5 Å². The number of piperidine rings is 1. The number of imidazole rings is 1. The number of anilines is 3. The van der Waals surface area contributed by atoms with Crippen LogP contribution >= 0.6 is 0 Å². The van der Waals surface area contributed by atoms with Crippen molar-refractivity contribution in [3.8, 4) is 11.4 Å². The molecule has 280 valence electrons. The van der Waals surface area contributed by atoms with Crippen molar-refractivity contribution in [2.75, 3.05) is 54.4 Å². The number of imide groups is 1. The molecule has 3 aromatic heterocycles. The molecule has 2 N–H and O–H groups in total. The number of pyridine rings is 1. The zero-order valence-electron chi connectivity index (χ0n) is 30.0. The minimum absolute atomic E-state index is 0.0417. The van der Waals surface area contributed by atoms with Gasteiger partial charge in [0.2, 0.25) is 17.7 Å². The van der Waals surface area contributed by atoms with Crippen molar-refractivity contribution in [3.63, 3.8) is 0 Å². The van der Waals surface area contributed by atoms with Crippen LogP contribution < -0.4 is 20.4 Å². The molecule has 4 aliphatic rings. The van der Waals surface area contributed by atoms with E-state index in [2.05, 4.69) is 25.4 Å². The summed E-state index contributed by atoms with van der Waals surface area (Å²) in [6, 6.07) is 21.4. The molecule has 9 rings (SSSR count). The Balaban J connectivity index is 0.824. The minimum Gasteiger partial charge on any atom is -0.376 e. The maximum Gasteiger partial charge on any atom is 0.255 e. The lowest BCUT2D eigenvalue weighted by atomic mass is 10.0. The molecule has 4 aliphatic heterocycles. The van der Waals surface area contributed by atoms with Gasteiger partial charge in [0.15, 0.2) is 5.65 Å². The van der Waals surface area contributed by atoms with Gasteiger partial charge in [-0.3, -0.25) is 24.5 Å². The van der Waals surface area contributed by atoms with E-state index in [9.17, 15) is 23.6 Å². The van der Waals surface area contributed by atoms with Crippen LogP contribution in [0.15, 0.2) is 79.0 Å². The van der Waals surface area contributed by atoms with Gasteiger partial charge in [0.25, 0.3) is 5.91 Å². The number of amides is 4. The molecule has 0 bridgehead atoms. The predicted molar refractivity (Wildman–Crippen MR) is 202 cm³/mol. The summed E-state index contributed by atoms with van der Waals surface area (Å²) in [5.74, 6) is 0.281. The van der Waals surface area contributed by atoms with Gasteiger partial charge in [-0.15, -0.1) is 5.10 Å². The zero-order valence-corrected chi connectivity index (χ0v) is 30.0. The number of hydrogen-bond acceptors (Lipinski definition) is 10. The Morgan fingerprint density at radius 2 is 1.73 bits per heavy atom. The molecule has 14 nitrogen and oxygen atoms in total. The Morgan fingerprint density at radius 3 is 2.56 bits per heavy atom. The normalized spacial score (nSPS) is 20.0. The van der Waals surface area contributed by atoms with E-state index >= 15 is 0 Å². The quantitative estimate of drug-likeness (QED) is 0.225. The molecule has 5 aromatic rings. The standard InChI is InChI=1S/C40H39FN10O4/c41-27-5-1-4-25(20-27)31-7-3-15-49(31)36-13-12-34-43-22-33(51(34)46-36)30-6-2-8-35(44-30)47-16-18-48(19-17-47)38(53)23-42-28-10-9-26-24-50(40(55)29(26)21-28)32-11-14-37(52)45-39(32)54/h1-2,4-6,8-10,12-13,20-22,31-32,42H,3,7,11,14-19,23-24H2,(H,45,52,54)/t31-,32?/m1/s1. The molecule has 0 spiro atoms. The van der Waals surface area contributed by atoms with E-state index in [1.54, 1.807) is 24.4 Å². The fourth-order valence-electron chi connectivity index (χ4n) is 8.17. The van der Waals surface area contributed by atoms with Crippen molar-refractivity contribution in [2.45, 2.75) is 44.3 Å². The van der Waals surface area contributed by atoms with Crippen molar-refractivity contribution in [2.24, 2.45) is 0 Å². The molecule has 2 atom stereocenters. The van der Waals surface area contributed by atoms with Crippen LogP contribution in [0, 0.1) is 5.82 Å². The number of nitrogens with one attached hydrogen (secondary N) is 2. The lowest BCUT2D eigenvalue weighted by molar-refractivity contribution is -0.137. The SMILES string of the molecule is O=C1CCC(N2Cc3ccc(NCC(=O)N4CCN(c5cccc(-c6cnc7ccc(N8CCC[C@@H]8c8cccc(F)c8)nn67)n5)CC4)cc3C2=O)C(=O)N1. The van der Waals surface area contributed by atoms with Gasteiger partial charge in [0.1, 0.15) is 29.2 Å². The number of carbonyl (C=O) groups is 4. The third-order valence-electron chi connectivity index (χ3n) is 11.1. The number of piperazine rings is 1. The topological polar surface area (TPSA) is 148 Å². The van der Waals surface area contributed by atoms with E-state index in [1.165, 1.54) is 11.0 Å². The minimum atomic E-state index is -0.675. The van der Waals surface area contributed by atoms with Gasteiger partial charge in [0, 0.05) is 56.9 Å². The second kappa shape index (κ2) is 14.1. The summed E-state index contributed by atoms with van der Waals surface area (Å²) in [6.45, 7) is 3.47. The van der Waals surface area contributed by atoms with Crippen molar-refractivity contribution in [1.29, 1.82) is 0 Å². The average Bonchev–Trinajstić information content (AvgIpc) is 3.95. The monoisotopic (exact) mass is 742 g/mol. The van der Waals surface area contributed by atoms with E-state index in [1.807, 2.05) is 57.9 Å². The number of benzene rings is 2. The summed E-state index contributed by atoms with van der Waals surface area (Å²) in [4.78, 5) is 67.7. The van der Waals surface area contributed by atoms with Gasteiger partial charge < -0.3 is 24.9 Å². The van der Waals surface area contributed by atoms with Crippen molar-refractivity contribution in [1.82, 2.24) is 34.7 Å². The van der Waals surface area contributed by atoms with Crippen LogP contribution in [-0.2, 0) is 20.9 Å². The first-order valence-electron chi connectivity index (χ1n) is 18.7. The van der Waals surface area contributed by atoms with Crippen molar-refractivity contribution in [3.05, 3.63) is 102 Å². The van der Waals surface area contributed by atoms with Crippen LogP contribution in [-0.4, -0.2) is 98.3 Å². The number of carbonyl (C=O) groups excluding carboxylic acids is 4. The van der Waals surface area contributed by atoms with E-state index in [4.69, 9.17) is 10.1 Å². The van der Waals surface area contributed by atoms with Crippen LogP contribution in [0.5, 0.6) is 0 Å². The molecule has 2 aromatic carbocycles. The molecule has 0 aliphatic carbocycles. The molecule has 55 heavy (non-hydrogen) atoms. The van der Waals surface area contributed by atoms with Crippen LogP contribution in [0.25, 0.3) is 17.0 Å². The Hall–Kier alpha value is -6.38. The van der Waals surface area contributed by atoms with Crippen LogP contribution in [0.2, 0.25) is 0 Å². The molecule has 0 saturated carbocycles. The van der Waals surface area contributed by atoms with E-state index < -0.39 is 11.9 Å². The lowest BCUT2D eigenvalue weighted by Crippen LogP contribution is -2.52. The van der Waals surface area contributed by atoms with Crippen LogP contribution in [0.4, 0.5) is 21.7 Å². The highest BCUT2D eigenvalue weighted by atomic mass is 19.1. The van der Waals surface area contributed by atoms with Crippen LogP contribution in [0.3, 0.4) is 0 Å². The number of aromatic nitrogens is 4. The molecular formula is C40H39FN10O4. The summed E-state index contributed by atoms with van der Waals surface area (Å²) in [5, 5.41) is 10.5. The molecule has 1 unspecified atom stereocenters. The van der Waals surface area contributed by atoms with Gasteiger partial charge in [-0.25, -0.2) is 18.9 Å². The Morgan fingerprint density at radius 1 is 0.873 bits per heavy atom. The first-order chi connectivity index (χ1) is 26.8. The first-order valence-corrected chi connectivity index (χ1v) is 18.7. The second-order valence-corrected chi connectivity index (χ2v) is 14.4. The number of nitrogens with zero attached hydrogens (tertiary/aromatic N) is 8. The predicted octanol–water partition coefficient (Wildman–Crippen LogP) is 3.79. The summed E-state index contributed by atoms with van der Waals surface area (Å²) < 4.78 is 15.9. The number of halogens is 1. The fourth-order valence-corrected chi connectivity index (χ4v) is 8.17. The molecular weight excluding hydrogens is 704 g/mol. The number of rotatable bonds is 8. The van der Waals surface area contributed by atoms with Crippen LogP contribution in [0.1, 0.15) is 53.2 Å². The van der Waals surface area contributed by atoms with E-state index in [-0.39, 0.29) is 42.5 Å². The third kappa shape index (κ3) is 6.59. The van der Waals surface area contributed by atoms with Crippen molar-refractivity contribution < 1.29 is 23.6 Å². The van der Waals surface area contributed by atoms with Gasteiger partial charge >= 0.3 is 0 Å². The Bertz CT molecular complexity index is 2340. The maximum absolute atomic E-state index is 14.1. The van der Waals surface area contributed by atoms with E-state index in [0.29, 0.717) is 56.0 Å². The summed E-state index contributed by atoms with van der Waals surface area (Å²) >= 11 is 0. The fraction of sp³-hybridized carbons (Fsp3) is 0.325. The number of hydrogen-bond donors (Lipinski definition) is 2. The highest BCUT2D eigenvalue weighted by Crippen LogP contribution is 2.36. The lowest BCUT2D eigenvalue weighted by Gasteiger charge is -2.35. The number of fused-ring (bicyclic) bond motifs is 2. The Kier molecular flexibility index (Phi) is 8.83. The van der Waals surface area contributed by atoms with Gasteiger partial charge in [-0.1, -0.05) is 24.3 Å². The molecule has 3 saturated heterocycles. The molecule has 3 fully saturated rings. The molecule has 0 radical (unpaired) electrons. The summed E-state index contributed by atoms with van der Waals surface area (Å²) in [5.41, 5.74) is 5.08. The highest BCUT2D eigenvalue weighted by Gasteiger charge is 2.39. The van der Waals surface area contributed by atoms with Gasteiger partial charge in [-0.05, 0) is 78.9 Å². The summed E-state index contributed by atoms with van der Waals surface area (Å²) in [7, 11) is 0. The van der Waals surface area contributed by atoms with E-state index in [0.717, 1.165) is 53.5 Å². The smallest absolute Gasteiger partial charge is 0.255 e. The van der Waals surface area contributed by atoms with Gasteiger partial charge in [-0.2, -0.15) is 0 Å². The molecule has 4 amide bonds. The largest absolute Gasteiger partial charge is 0.376 e. The van der Waals surface area contributed by atoms with Crippen molar-refractivity contribution >= 4 is 46.6 Å². The summed E-state index contributed by atoms with van der Waals surface area (Å²) in [6.07, 6.45) is 4.19. The first kappa shape index (κ1) is 34.4. The average molecular weight is 743 g/mol. The second-order valence-electron chi connectivity index (χ2n) is 14.4. The molecule has 15 heteroatoms. The highest BCUT2D eigenvalue weighted by molar-refractivity contribution is 6.05. The maximum atomic E-state index is 14.1. The third-order valence-corrected chi connectivity index (χ3v) is 11.1.